The molecule has 13 unspecified atom stereocenters. The molecule has 0 bridgehead atoms. The summed E-state index contributed by atoms with van der Waals surface area (Å²) in [5.41, 5.74) is 0.101. The van der Waals surface area contributed by atoms with Crippen LogP contribution in [0.4, 0.5) is 0 Å². The average Bonchev–Trinajstić information content (AvgIpc) is 3.38. The Balaban J connectivity index is 1.23. The fourth-order valence-corrected chi connectivity index (χ4v) is 10.7. The molecule has 13 atom stereocenters. The first kappa shape index (κ1) is 37.9. The predicted octanol–water partition coefficient (Wildman–Crippen LogP) is 4.83. The van der Waals surface area contributed by atoms with Crippen molar-refractivity contribution in [2.24, 2.45) is 40.4 Å². The minimum atomic E-state index is -1.32. The molecule has 11 heteroatoms. The van der Waals surface area contributed by atoms with Crippen molar-refractivity contribution in [1.82, 2.24) is 0 Å². The molecule has 3 saturated carbocycles. The van der Waals surface area contributed by atoms with Crippen LogP contribution in [-0.2, 0) is 42.9 Å². The number of ketones is 1. The van der Waals surface area contributed by atoms with E-state index in [2.05, 4.69) is 13.8 Å². The number of ether oxygens (including phenoxy) is 5. The number of hydrogen-bond acceptors (Lipinski definition) is 11. The van der Waals surface area contributed by atoms with E-state index in [0.29, 0.717) is 37.0 Å². The molecule has 0 radical (unpaired) electrons. The van der Waals surface area contributed by atoms with Gasteiger partial charge < -0.3 is 33.9 Å². The van der Waals surface area contributed by atoms with Crippen molar-refractivity contribution in [2.45, 2.75) is 149 Å². The van der Waals surface area contributed by atoms with Crippen LogP contribution >= 0.6 is 0 Å². The molecule has 1 saturated heterocycles. The Morgan fingerprint density at radius 2 is 1.69 bits per heavy atom. The minimum Gasteiger partial charge on any atom is -0.459 e. The van der Waals surface area contributed by atoms with E-state index in [1.165, 1.54) is 26.3 Å². The van der Waals surface area contributed by atoms with Gasteiger partial charge in [-0.3, -0.25) is 19.2 Å². The summed E-state index contributed by atoms with van der Waals surface area (Å²) >= 11 is 0. The number of aliphatic hydroxyl groups is 2. The molecule has 4 aliphatic carbocycles. The van der Waals surface area contributed by atoms with Crippen molar-refractivity contribution in [3.63, 3.8) is 0 Å². The molecular weight excluding hydrogens is 632 g/mol. The number of esters is 3. The number of carbonyl (C=O) groups is 4. The van der Waals surface area contributed by atoms with E-state index in [9.17, 15) is 29.4 Å². The SMILES string of the molecule is CC(=O)OC1COC(OCC(C)CCC(OC(C)=O)C(C)(O)C2CCC3C4CCC5=CC(=O)CCC5(C)C4CCC32C)C(OC(C)=O)C1O. The maximum atomic E-state index is 12.4. The van der Waals surface area contributed by atoms with Crippen LogP contribution in [0.1, 0.15) is 113 Å². The normalized spacial score (nSPS) is 39.6. The number of carbonyl (C=O) groups excluding carboxylic acids is 4. The standard InChI is InChI=1S/C38H58O11/c1-21(19-45-35-34(49-24(4)41)33(43)30(20-46-35)47-22(2)39)8-13-32(48-23(3)40)38(7,44)31-12-11-28-27-10-9-25-18-26(42)14-16-36(25,5)29(27)15-17-37(28,31)6/h18,21,27-35,43-44H,8-17,19-20H2,1-7H3. The summed E-state index contributed by atoms with van der Waals surface area (Å²) < 4.78 is 28.0. The second-order valence-electron chi connectivity index (χ2n) is 16.4. The van der Waals surface area contributed by atoms with Gasteiger partial charge in [-0.05, 0) is 111 Å². The van der Waals surface area contributed by atoms with Crippen LogP contribution in [-0.4, -0.2) is 83.4 Å². The molecule has 0 aromatic heterocycles. The summed E-state index contributed by atoms with van der Waals surface area (Å²) in [7, 11) is 0. The Kier molecular flexibility index (Phi) is 11.4. The van der Waals surface area contributed by atoms with Gasteiger partial charge in [-0.2, -0.15) is 0 Å². The largest absolute Gasteiger partial charge is 0.459 e. The van der Waals surface area contributed by atoms with Crippen LogP contribution in [0.5, 0.6) is 0 Å². The molecule has 0 aromatic rings. The second-order valence-corrected chi connectivity index (χ2v) is 16.4. The highest BCUT2D eigenvalue weighted by molar-refractivity contribution is 5.91. The highest BCUT2D eigenvalue weighted by Gasteiger charge is 2.63. The molecule has 11 nitrogen and oxygen atoms in total. The fourth-order valence-electron chi connectivity index (χ4n) is 10.7. The van der Waals surface area contributed by atoms with E-state index in [-0.39, 0.29) is 41.7 Å². The topological polar surface area (TPSA) is 155 Å². The third-order valence-corrected chi connectivity index (χ3v) is 13.1. The second kappa shape index (κ2) is 14.7. The summed E-state index contributed by atoms with van der Waals surface area (Å²) in [5, 5.41) is 23.1. The molecule has 5 rings (SSSR count). The van der Waals surface area contributed by atoms with E-state index in [1.807, 2.05) is 19.9 Å². The van der Waals surface area contributed by atoms with Gasteiger partial charge in [0.15, 0.2) is 24.3 Å². The zero-order chi connectivity index (χ0) is 35.9. The summed E-state index contributed by atoms with van der Waals surface area (Å²) in [6.07, 6.45) is 5.30. The molecule has 0 amide bonds. The number of allylic oxidation sites excluding steroid dienone is 1. The van der Waals surface area contributed by atoms with Crippen LogP contribution in [0.25, 0.3) is 0 Å². The Morgan fingerprint density at radius 1 is 0.980 bits per heavy atom. The molecule has 49 heavy (non-hydrogen) atoms. The molecule has 5 aliphatic rings. The van der Waals surface area contributed by atoms with E-state index in [0.717, 1.165) is 44.9 Å². The van der Waals surface area contributed by atoms with Gasteiger partial charge in [0.25, 0.3) is 0 Å². The molecule has 276 valence electrons. The van der Waals surface area contributed by atoms with E-state index in [4.69, 9.17) is 23.7 Å². The number of hydrogen-bond donors (Lipinski definition) is 2. The highest BCUT2D eigenvalue weighted by atomic mass is 16.7. The third-order valence-electron chi connectivity index (χ3n) is 13.1. The van der Waals surface area contributed by atoms with E-state index in [1.54, 1.807) is 0 Å². The molecule has 0 aromatic carbocycles. The van der Waals surface area contributed by atoms with Crippen molar-refractivity contribution in [3.05, 3.63) is 11.6 Å². The van der Waals surface area contributed by atoms with Crippen LogP contribution in [0, 0.1) is 40.4 Å². The molecule has 2 N–H and O–H groups in total. The van der Waals surface area contributed by atoms with Crippen LogP contribution in [0.3, 0.4) is 0 Å². The van der Waals surface area contributed by atoms with Crippen molar-refractivity contribution in [3.8, 4) is 0 Å². The lowest BCUT2D eigenvalue weighted by molar-refractivity contribution is -0.280. The zero-order valence-corrected chi connectivity index (χ0v) is 30.4. The van der Waals surface area contributed by atoms with Gasteiger partial charge in [-0.15, -0.1) is 0 Å². The first-order valence-electron chi connectivity index (χ1n) is 18.4. The first-order valence-corrected chi connectivity index (χ1v) is 18.4. The maximum Gasteiger partial charge on any atom is 0.303 e. The Morgan fingerprint density at radius 3 is 2.37 bits per heavy atom. The first-order chi connectivity index (χ1) is 23.0. The van der Waals surface area contributed by atoms with Gasteiger partial charge in [0.1, 0.15) is 17.8 Å². The van der Waals surface area contributed by atoms with Gasteiger partial charge in [0, 0.05) is 27.2 Å². The lowest BCUT2D eigenvalue weighted by atomic mass is 9.46. The van der Waals surface area contributed by atoms with Crippen molar-refractivity contribution in [2.75, 3.05) is 13.2 Å². The van der Waals surface area contributed by atoms with Gasteiger partial charge in [0.05, 0.1) is 13.2 Å². The van der Waals surface area contributed by atoms with Crippen LogP contribution < -0.4 is 0 Å². The molecular formula is C38H58O11. The predicted molar refractivity (Wildman–Crippen MR) is 178 cm³/mol. The van der Waals surface area contributed by atoms with Gasteiger partial charge in [-0.1, -0.05) is 26.3 Å². The molecule has 1 heterocycles. The molecule has 4 fully saturated rings. The zero-order valence-electron chi connectivity index (χ0n) is 30.4. The number of rotatable bonds is 11. The summed E-state index contributed by atoms with van der Waals surface area (Å²) in [6.45, 7) is 12.4. The Bertz CT molecular complexity index is 1290. The third kappa shape index (κ3) is 7.65. The van der Waals surface area contributed by atoms with Crippen molar-refractivity contribution < 1.29 is 53.1 Å². The van der Waals surface area contributed by atoms with Crippen LogP contribution in [0.15, 0.2) is 11.6 Å². The monoisotopic (exact) mass is 690 g/mol. The van der Waals surface area contributed by atoms with E-state index < -0.39 is 54.2 Å². The Hall–Kier alpha value is -2.34. The Labute approximate surface area is 290 Å². The quantitative estimate of drug-likeness (QED) is 0.226. The lowest BCUT2D eigenvalue weighted by Gasteiger charge is -2.59. The number of fused-ring (bicyclic) bond motifs is 5. The fraction of sp³-hybridized carbons (Fsp3) is 0.842. The summed E-state index contributed by atoms with van der Waals surface area (Å²) in [6, 6.07) is 0. The summed E-state index contributed by atoms with van der Waals surface area (Å²) in [5.74, 6) is 0.0935. The molecule has 1 aliphatic heterocycles. The van der Waals surface area contributed by atoms with Gasteiger partial charge in [-0.25, -0.2) is 0 Å². The smallest absolute Gasteiger partial charge is 0.303 e. The number of aliphatic hydroxyl groups excluding tert-OH is 1. The van der Waals surface area contributed by atoms with Gasteiger partial charge >= 0.3 is 17.9 Å². The van der Waals surface area contributed by atoms with Crippen molar-refractivity contribution in [1.29, 1.82) is 0 Å². The minimum absolute atomic E-state index is 0.0358. The average molecular weight is 691 g/mol. The summed E-state index contributed by atoms with van der Waals surface area (Å²) in [4.78, 5) is 47.9. The highest BCUT2D eigenvalue weighted by Crippen LogP contribution is 2.68. The molecule has 0 spiro atoms. The lowest BCUT2D eigenvalue weighted by Crippen LogP contribution is -2.57. The maximum absolute atomic E-state index is 12.4. The van der Waals surface area contributed by atoms with Crippen molar-refractivity contribution >= 4 is 23.7 Å². The van der Waals surface area contributed by atoms with Gasteiger partial charge in [0.2, 0.25) is 0 Å². The van der Waals surface area contributed by atoms with Crippen LogP contribution in [0.2, 0.25) is 0 Å². The van der Waals surface area contributed by atoms with E-state index >= 15 is 0 Å².